The molecule has 0 aliphatic heterocycles. The zero-order valence-corrected chi connectivity index (χ0v) is 16.9. The highest BCUT2D eigenvalue weighted by Gasteiger charge is 2.09. The van der Waals surface area contributed by atoms with Gasteiger partial charge in [0.05, 0.1) is 11.3 Å². The van der Waals surface area contributed by atoms with Crippen LogP contribution < -0.4 is 10.2 Å². The number of aromatic nitrogens is 1. The molecule has 1 heterocycles. The normalized spacial score (nSPS) is 10.7. The lowest BCUT2D eigenvalue weighted by atomic mass is 10.0. The van der Waals surface area contributed by atoms with Crippen molar-refractivity contribution >= 4 is 22.9 Å². The summed E-state index contributed by atoms with van der Waals surface area (Å²) in [5.74, 6) is -0.118. The Hall–Kier alpha value is -3.64. The molecule has 3 N–H and O–H groups in total. The highest BCUT2D eigenvalue weighted by molar-refractivity contribution is 7.09. The van der Waals surface area contributed by atoms with Crippen LogP contribution in [0, 0.1) is 0 Å². The van der Waals surface area contributed by atoms with Gasteiger partial charge in [-0.05, 0) is 34.4 Å². The van der Waals surface area contributed by atoms with E-state index in [0.717, 1.165) is 39.3 Å². The molecule has 0 fully saturated rings. The van der Waals surface area contributed by atoms with Crippen LogP contribution in [0.25, 0.3) is 11.1 Å². The van der Waals surface area contributed by atoms with Crippen molar-refractivity contribution in [3.05, 3.63) is 105 Å². The summed E-state index contributed by atoms with van der Waals surface area (Å²) < 4.78 is 0. The van der Waals surface area contributed by atoms with Crippen LogP contribution in [-0.2, 0) is 17.6 Å². The molecule has 1 aromatic heterocycles. The Balaban J connectivity index is 1.44. The highest BCUT2D eigenvalue weighted by atomic mass is 32.1. The van der Waals surface area contributed by atoms with E-state index >= 15 is 0 Å². The smallest absolute Gasteiger partial charge is 0.307 e. The average Bonchev–Trinajstić information content (AvgIpc) is 3.06. The third-order valence-electron chi connectivity index (χ3n) is 4.71. The van der Waals surface area contributed by atoms with Gasteiger partial charge in [-0.25, -0.2) is 0 Å². The molecule has 0 bridgehead atoms. The quantitative estimate of drug-likeness (QED) is 0.430. The predicted octanol–water partition coefficient (Wildman–Crippen LogP) is 4.58. The van der Waals surface area contributed by atoms with Gasteiger partial charge >= 0.3 is 4.87 Å². The lowest BCUT2D eigenvalue weighted by Crippen LogP contribution is -2.14. The molecule has 0 radical (unpaired) electrons. The summed E-state index contributed by atoms with van der Waals surface area (Å²) in [4.78, 5) is 26.4. The molecule has 0 unspecified atom stereocenters. The molecule has 0 saturated heterocycles. The van der Waals surface area contributed by atoms with E-state index < -0.39 is 0 Å². The van der Waals surface area contributed by atoms with Crippen molar-refractivity contribution in [3.8, 4) is 17.0 Å². The maximum Gasteiger partial charge on any atom is 0.307 e. The number of aromatic amines is 1. The van der Waals surface area contributed by atoms with E-state index in [2.05, 4.69) is 10.3 Å². The van der Waals surface area contributed by atoms with Crippen molar-refractivity contribution in [2.45, 2.75) is 12.8 Å². The van der Waals surface area contributed by atoms with Crippen molar-refractivity contribution < 1.29 is 9.90 Å². The summed E-state index contributed by atoms with van der Waals surface area (Å²) in [5, 5.41) is 12.7. The molecular formula is C24H20N2O3S. The Morgan fingerprint density at radius 2 is 1.67 bits per heavy atom. The number of amides is 1. The van der Waals surface area contributed by atoms with Crippen LogP contribution in [0.3, 0.4) is 0 Å². The number of rotatable bonds is 6. The molecular weight excluding hydrogens is 396 g/mol. The number of benzene rings is 3. The van der Waals surface area contributed by atoms with Crippen LogP contribution in [0.5, 0.6) is 5.88 Å². The predicted molar refractivity (Wildman–Crippen MR) is 120 cm³/mol. The van der Waals surface area contributed by atoms with Gasteiger partial charge in [0.15, 0.2) is 0 Å². The van der Waals surface area contributed by atoms with Crippen molar-refractivity contribution in [1.29, 1.82) is 0 Å². The summed E-state index contributed by atoms with van der Waals surface area (Å²) >= 11 is 1.02. The number of anilines is 1. The number of hydrogen-bond acceptors (Lipinski definition) is 4. The van der Waals surface area contributed by atoms with E-state index in [4.69, 9.17) is 0 Å². The Kier molecular flexibility index (Phi) is 5.77. The average molecular weight is 417 g/mol. The second-order valence-electron chi connectivity index (χ2n) is 6.95. The Labute approximate surface area is 177 Å². The summed E-state index contributed by atoms with van der Waals surface area (Å²) in [7, 11) is 0. The Morgan fingerprint density at radius 1 is 0.900 bits per heavy atom. The number of carbonyl (C=O) groups excluding carboxylic acids is 1. The second kappa shape index (κ2) is 8.80. The first kappa shape index (κ1) is 19.7. The molecule has 30 heavy (non-hydrogen) atoms. The lowest BCUT2D eigenvalue weighted by molar-refractivity contribution is -0.115. The first-order valence-corrected chi connectivity index (χ1v) is 10.3. The topological polar surface area (TPSA) is 82.2 Å². The first-order chi connectivity index (χ1) is 14.6. The van der Waals surface area contributed by atoms with E-state index in [9.17, 15) is 14.7 Å². The molecule has 0 atom stereocenters. The van der Waals surface area contributed by atoms with Gasteiger partial charge in [0.2, 0.25) is 11.8 Å². The monoisotopic (exact) mass is 416 g/mol. The molecule has 0 saturated carbocycles. The van der Waals surface area contributed by atoms with Gasteiger partial charge in [-0.1, -0.05) is 78.1 Å². The van der Waals surface area contributed by atoms with Gasteiger partial charge in [0.25, 0.3) is 0 Å². The van der Waals surface area contributed by atoms with E-state index in [-0.39, 0.29) is 16.7 Å². The molecule has 4 rings (SSSR count). The van der Waals surface area contributed by atoms with Crippen molar-refractivity contribution in [3.63, 3.8) is 0 Å². The van der Waals surface area contributed by atoms with E-state index in [1.165, 1.54) is 0 Å². The number of nitrogens with one attached hydrogen (secondary N) is 2. The largest absolute Gasteiger partial charge is 0.494 e. The number of carbonyl (C=O) groups is 1. The van der Waals surface area contributed by atoms with Crippen molar-refractivity contribution in [2.75, 3.05) is 5.32 Å². The molecule has 0 spiro atoms. The molecule has 150 valence electrons. The fourth-order valence-corrected chi connectivity index (χ4v) is 3.99. The van der Waals surface area contributed by atoms with Gasteiger partial charge in [0, 0.05) is 12.1 Å². The number of H-pyrrole nitrogens is 1. The van der Waals surface area contributed by atoms with Gasteiger partial charge < -0.3 is 10.4 Å². The standard InChI is InChI=1S/C24H20N2O3S/c27-22(14-16-5-2-1-3-6-16)25-20-8-4-7-19(15-20)18-11-9-17(10-12-18)13-21-23(28)26-24(29)30-21/h1-12,15,28H,13-14H2,(H,25,27)(H,26,29). The van der Waals surface area contributed by atoms with Gasteiger partial charge in [0.1, 0.15) is 0 Å². The molecule has 0 aliphatic rings. The van der Waals surface area contributed by atoms with Gasteiger partial charge in [-0.2, -0.15) is 0 Å². The third kappa shape index (κ3) is 4.85. The minimum atomic E-state index is -0.259. The molecule has 0 aliphatic carbocycles. The minimum Gasteiger partial charge on any atom is -0.494 e. The maximum absolute atomic E-state index is 12.3. The van der Waals surface area contributed by atoms with Crippen LogP contribution in [-0.4, -0.2) is 16.0 Å². The van der Waals surface area contributed by atoms with Crippen LogP contribution >= 0.6 is 11.3 Å². The summed E-state index contributed by atoms with van der Waals surface area (Å²) in [6, 6.07) is 25.3. The zero-order valence-electron chi connectivity index (χ0n) is 16.1. The molecule has 6 heteroatoms. The van der Waals surface area contributed by atoms with Crippen LogP contribution in [0.15, 0.2) is 83.7 Å². The van der Waals surface area contributed by atoms with Crippen molar-refractivity contribution in [1.82, 2.24) is 4.98 Å². The highest BCUT2D eigenvalue weighted by Crippen LogP contribution is 2.25. The second-order valence-corrected chi connectivity index (χ2v) is 8.02. The Morgan fingerprint density at radius 3 is 2.37 bits per heavy atom. The first-order valence-electron chi connectivity index (χ1n) is 9.51. The summed E-state index contributed by atoms with van der Waals surface area (Å²) in [6.07, 6.45) is 0.822. The van der Waals surface area contributed by atoms with E-state index in [0.29, 0.717) is 17.7 Å². The number of hydrogen-bond donors (Lipinski definition) is 3. The number of aromatic hydroxyl groups is 1. The maximum atomic E-state index is 12.3. The van der Waals surface area contributed by atoms with Gasteiger partial charge in [-0.15, -0.1) is 0 Å². The van der Waals surface area contributed by atoms with Crippen LogP contribution in [0.2, 0.25) is 0 Å². The summed E-state index contributed by atoms with van der Waals surface area (Å²) in [5.41, 5.74) is 4.73. The van der Waals surface area contributed by atoms with E-state index in [1.54, 1.807) is 0 Å². The fraction of sp³-hybridized carbons (Fsp3) is 0.0833. The molecule has 5 nitrogen and oxygen atoms in total. The molecule has 3 aromatic carbocycles. The Bertz CT molecular complexity index is 1210. The zero-order chi connectivity index (χ0) is 20.9. The SMILES string of the molecule is O=C(Cc1ccccc1)Nc1cccc(-c2ccc(Cc3sc(=O)[nH]c3O)cc2)c1. The van der Waals surface area contributed by atoms with Crippen LogP contribution in [0.1, 0.15) is 16.0 Å². The van der Waals surface area contributed by atoms with Crippen LogP contribution in [0.4, 0.5) is 5.69 Å². The third-order valence-corrected chi connectivity index (χ3v) is 5.58. The minimum absolute atomic E-state index is 0.0565. The van der Waals surface area contributed by atoms with Crippen molar-refractivity contribution in [2.24, 2.45) is 0 Å². The molecule has 4 aromatic rings. The fourth-order valence-electron chi connectivity index (χ4n) is 3.24. The lowest BCUT2D eigenvalue weighted by Gasteiger charge is -2.09. The summed E-state index contributed by atoms with van der Waals surface area (Å²) in [6.45, 7) is 0. The number of thiazole rings is 1. The van der Waals surface area contributed by atoms with E-state index in [1.807, 2.05) is 78.9 Å². The molecule has 1 amide bonds. The van der Waals surface area contributed by atoms with Gasteiger partial charge in [-0.3, -0.25) is 14.6 Å².